The summed E-state index contributed by atoms with van der Waals surface area (Å²) in [6, 6.07) is 32.3. The van der Waals surface area contributed by atoms with Crippen molar-refractivity contribution in [3.8, 4) is 0 Å². The molecule has 36 heavy (non-hydrogen) atoms. The fourth-order valence-electron chi connectivity index (χ4n) is 3.72. The molecule has 0 fully saturated rings. The molecular weight excluding hydrogens is 500 g/mol. The van der Waals surface area contributed by atoms with Crippen LogP contribution in [-0.4, -0.2) is 19.7 Å². The molecule has 0 heterocycles. The molecule has 0 spiro atoms. The fourth-order valence-corrected chi connectivity index (χ4v) is 6.84. The summed E-state index contributed by atoms with van der Waals surface area (Å²) in [6.07, 6.45) is 7.03. The van der Waals surface area contributed by atoms with Gasteiger partial charge in [0.2, 0.25) is 9.84 Å². The highest BCUT2D eigenvalue weighted by molar-refractivity contribution is 7.92. The average molecular weight is 537 g/mol. The second-order valence-electron chi connectivity index (χ2n) is 8.58. The molecule has 2 nitrogen and oxygen atoms in total. The molecule has 0 aliphatic carbocycles. The molecule has 0 bridgehead atoms. The highest BCUT2D eigenvalue weighted by Crippen LogP contribution is 2.32. The average Bonchev–Trinajstić information content (AvgIpc) is 2.87. The summed E-state index contributed by atoms with van der Waals surface area (Å²) in [7, 11) is -5.35. The lowest BCUT2D eigenvalue weighted by molar-refractivity contribution is -0.0435. The highest BCUT2D eigenvalue weighted by Gasteiger charge is 2.44. The van der Waals surface area contributed by atoms with Crippen LogP contribution in [0.25, 0.3) is 0 Å². The molecule has 0 atom stereocenters. The first-order valence-electron chi connectivity index (χ1n) is 12.5. The fraction of sp³-hybridized carbons (Fsp3) is 0.379. The van der Waals surface area contributed by atoms with E-state index in [0.29, 0.717) is 6.42 Å². The number of hydrogen-bond acceptors (Lipinski definition) is 2. The minimum atomic E-state index is -5.09. The van der Waals surface area contributed by atoms with E-state index >= 15 is 0 Å². The normalized spacial score (nSPS) is 11.7. The standard InChI is InChI=1S/C18H15P.C11H21F3O2S/c1-4-10-16(11-5-1)19(17-12-6-2-7-13-17)18-14-8-3-9-15-18;1-2-3-4-5-6-7-8-9-10-17(15,16)11(12,13)14/h1-15H;2-10H2,1H3. The third-order valence-corrected chi connectivity index (χ3v) is 9.64. The number of sulfone groups is 1. The van der Waals surface area contributed by atoms with Crippen molar-refractivity contribution < 1.29 is 21.6 Å². The molecule has 0 saturated heterocycles. The zero-order valence-electron chi connectivity index (χ0n) is 20.8. The first kappa shape index (κ1) is 30.1. The van der Waals surface area contributed by atoms with Gasteiger partial charge in [-0.3, -0.25) is 0 Å². The van der Waals surface area contributed by atoms with Gasteiger partial charge in [0.1, 0.15) is 0 Å². The number of halogens is 3. The molecule has 3 aromatic rings. The van der Waals surface area contributed by atoms with Crippen molar-refractivity contribution >= 4 is 33.7 Å². The lowest BCUT2D eigenvalue weighted by atomic mass is 10.1. The molecule has 3 rings (SSSR count). The van der Waals surface area contributed by atoms with E-state index in [-0.39, 0.29) is 6.42 Å². The number of benzene rings is 3. The second-order valence-corrected chi connectivity index (χ2v) is 12.9. The van der Waals surface area contributed by atoms with Gasteiger partial charge >= 0.3 is 5.51 Å². The van der Waals surface area contributed by atoms with Crippen LogP contribution >= 0.6 is 7.92 Å². The van der Waals surface area contributed by atoms with E-state index in [9.17, 15) is 21.6 Å². The van der Waals surface area contributed by atoms with Crippen LogP contribution in [0.15, 0.2) is 91.0 Å². The largest absolute Gasteiger partial charge is 0.497 e. The van der Waals surface area contributed by atoms with Crippen LogP contribution in [0, 0.1) is 0 Å². The predicted octanol–water partition coefficient (Wildman–Crippen LogP) is 7.51. The van der Waals surface area contributed by atoms with Crippen molar-refractivity contribution in [2.45, 2.75) is 63.8 Å². The van der Waals surface area contributed by atoms with Gasteiger partial charge in [-0.2, -0.15) is 13.2 Å². The minimum Gasteiger partial charge on any atom is -0.220 e. The Morgan fingerprint density at radius 1 is 0.583 bits per heavy atom. The van der Waals surface area contributed by atoms with Crippen LogP contribution in [-0.2, 0) is 9.84 Å². The molecule has 7 heteroatoms. The summed E-state index contributed by atoms with van der Waals surface area (Å²) in [5, 5.41) is 4.19. The van der Waals surface area contributed by atoms with E-state index in [0.717, 1.165) is 32.1 Å². The highest BCUT2D eigenvalue weighted by atomic mass is 32.2. The monoisotopic (exact) mass is 536 g/mol. The van der Waals surface area contributed by atoms with Gasteiger partial charge in [-0.05, 0) is 30.3 Å². The molecule has 0 aromatic heterocycles. The molecule has 0 aliphatic rings. The third kappa shape index (κ3) is 10.4. The topological polar surface area (TPSA) is 34.1 Å². The van der Waals surface area contributed by atoms with E-state index in [4.69, 9.17) is 0 Å². The van der Waals surface area contributed by atoms with Crippen molar-refractivity contribution in [2.75, 3.05) is 5.75 Å². The zero-order valence-corrected chi connectivity index (χ0v) is 22.5. The van der Waals surface area contributed by atoms with E-state index in [1.165, 1.54) is 22.3 Å². The summed E-state index contributed by atoms with van der Waals surface area (Å²) in [5.74, 6) is -0.772. The van der Waals surface area contributed by atoms with Crippen molar-refractivity contribution in [3.63, 3.8) is 0 Å². The third-order valence-electron chi connectivity index (χ3n) is 5.66. The van der Waals surface area contributed by atoms with Crippen molar-refractivity contribution in [3.05, 3.63) is 91.0 Å². The molecule has 0 amide bonds. The first-order valence-corrected chi connectivity index (χ1v) is 15.5. The number of unbranched alkanes of at least 4 members (excludes halogenated alkanes) is 7. The van der Waals surface area contributed by atoms with Gasteiger partial charge in [-0.25, -0.2) is 8.42 Å². The Bertz CT molecular complexity index is 980. The number of alkyl halides is 3. The van der Waals surface area contributed by atoms with Crippen LogP contribution in [0.3, 0.4) is 0 Å². The van der Waals surface area contributed by atoms with Gasteiger partial charge < -0.3 is 0 Å². The Hall–Kier alpha value is -2.17. The van der Waals surface area contributed by atoms with Gasteiger partial charge in [0.05, 0.1) is 5.75 Å². The lowest BCUT2D eigenvalue weighted by Crippen LogP contribution is -2.26. The van der Waals surface area contributed by atoms with Crippen LogP contribution in [0.1, 0.15) is 58.3 Å². The Labute approximate surface area is 215 Å². The maximum atomic E-state index is 12.0. The SMILES string of the molecule is CCCCCCCCCCS(=O)(=O)C(F)(F)F.c1ccc(P(c2ccccc2)c2ccccc2)cc1. The minimum absolute atomic E-state index is 0.107. The first-order chi connectivity index (χ1) is 17.3. The molecular formula is C29H36F3O2PS. The molecule has 0 unspecified atom stereocenters. The summed E-state index contributed by atoms with van der Waals surface area (Å²) < 4.78 is 57.3. The van der Waals surface area contributed by atoms with E-state index in [2.05, 4.69) is 97.9 Å². The summed E-state index contributed by atoms with van der Waals surface area (Å²) >= 11 is 0. The van der Waals surface area contributed by atoms with Crippen molar-refractivity contribution in [2.24, 2.45) is 0 Å². The predicted molar refractivity (Wildman–Crippen MR) is 148 cm³/mol. The molecule has 0 N–H and O–H groups in total. The molecule has 0 saturated carbocycles. The Balaban J connectivity index is 0.000000256. The molecule has 0 radical (unpaired) electrons. The maximum absolute atomic E-state index is 12.0. The Kier molecular flexibility index (Phi) is 13.2. The molecule has 0 aliphatic heterocycles. The van der Waals surface area contributed by atoms with Gasteiger partial charge in [-0.15, -0.1) is 0 Å². The van der Waals surface area contributed by atoms with Gasteiger partial charge in [0, 0.05) is 0 Å². The number of rotatable bonds is 12. The van der Waals surface area contributed by atoms with Gasteiger partial charge in [0.15, 0.2) is 0 Å². The second kappa shape index (κ2) is 15.8. The molecule has 196 valence electrons. The van der Waals surface area contributed by atoms with Crippen LogP contribution in [0.5, 0.6) is 0 Å². The Morgan fingerprint density at radius 2 is 0.917 bits per heavy atom. The van der Waals surface area contributed by atoms with E-state index < -0.39 is 29.0 Å². The quantitative estimate of drug-likeness (QED) is 0.177. The van der Waals surface area contributed by atoms with Crippen molar-refractivity contribution in [1.29, 1.82) is 0 Å². The summed E-state index contributed by atoms with van der Waals surface area (Å²) in [4.78, 5) is 0. The smallest absolute Gasteiger partial charge is 0.220 e. The van der Waals surface area contributed by atoms with E-state index in [1.54, 1.807) is 0 Å². The van der Waals surface area contributed by atoms with Crippen molar-refractivity contribution in [1.82, 2.24) is 0 Å². The van der Waals surface area contributed by atoms with Gasteiger partial charge in [-0.1, -0.05) is 143 Å². The lowest BCUT2D eigenvalue weighted by Gasteiger charge is -2.18. The summed E-state index contributed by atoms with van der Waals surface area (Å²) in [5.41, 5.74) is -5.09. The zero-order chi connectivity index (χ0) is 26.3. The van der Waals surface area contributed by atoms with Gasteiger partial charge in [0.25, 0.3) is 0 Å². The Morgan fingerprint density at radius 3 is 1.25 bits per heavy atom. The molecule has 3 aromatic carbocycles. The summed E-state index contributed by atoms with van der Waals surface area (Å²) in [6.45, 7) is 2.11. The van der Waals surface area contributed by atoms with Crippen LogP contribution in [0.4, 0.5) is 13.2 Å². The maximum Gasteiger partial charge on any atom is 0.497 e. The van der Waals surface area contributed by atoms with Crippen LogP contribution in [0.2, 0.25) is 0 Å². The van der Waals surface area contributed by atoms with Crippen LogP contribution < -0.4 is 15.9 Å². The van der Waals surface area contributed by atoms with E-state index in [1.807, 2.05) is 0 Å². The number of hydrogen-bond donors (Lipinski definition) is 0.